The SMILES string of the molecule is [C-]#[N+]c1c(N)ncnc1N[C@@H](C)c1nc2cccc(Cl)c2c(=O)n1-c1cccc(NC(=O)NCC(F)(F)F)c1. The van der Waals surface area contributed by atoms with Crippen LogP contribution in [0.4, 0.5) is 41.0 Å². The van der Waals surface area contributed by atoms with Gasteiger partial charge >= 0.3 is 12.2 Å². The first-order valence-corrected chi connectivity index (χ1v) is 11.5. The van der Waals surface area contributed by atoms with Gasteiger partial charge in [-0.2, -0.15) is 13.2 Å². The van der Waals surface area contributed by atoms with Crippen molar-refractivity contribution >= 4 is 51.5 Å². The highest BCUT2D eigenvalue weighted by molar-refractivity contribution is 6.35. The van der Waals surface area contributed by atoms with Crippen molar-refractivity contribution in [2.45, 2.75) is 19.1 Å². The number of nitrogens with two attached hydrogens (primary N) is 1. The lowest BCUT2D eigenvalue weighted by Crippen LogP contribution is -2.36. The minimum absolute atomic E-state index is 0.0156. The standard InChI is InChI=1S/C24H19ClF3N9O2/c1-12(34-20-18(30-2)19(29)32-11-33-20)21-36-16-8-4-7-15(25)17(16)22(38)37(21)14-6-3-5-13(9-14)35-23(39)31-10-24(26,27)28/h3-9,11-12H,10H2,1H3,(H2,31,35,39)(H3,29,32,33,34)/t12-/m0/s1. The minimum Gasteiger partial charge on any atom is -0.392 e. The molecule has 0 saturated heterocycles. The van der Waals surface area contributed by atoms with Crippen LogP contribution in [0.1, 0.15) is 18.8 Å². The van der Waals surface area contributed by atoms with Crippen molar-refractivity contribution in [1.29, 1.82) is 0 Å². The summed E-state index contributed by atoms with van der Waals surface area (Å²) in [5, 5.41) is 7.34. The van der Waals surface area contributed by atoms with Crippen molar-refractivity contribution in [3.05, 3.63) is 81.4 Å². The highest BCUT2D eigenvalue weighted by Crippen LogP contribution is 2.31. The Bertz CT molecular complexity index is 1670. The Morgan fingerprint density at radius 3 is 2.69 bits per heavy atom. The quantitative estimate of drug-likeness (QED) is 0.249. The van der Waals surface area contributed by atoms with Crippen LogP contribution in [0.5, 0.6) is 0 Å². The number of halogens is 4. The molecule has 2 amide bonds. The number of nitrogens with zero attached hydrogens (tertiary/aromatic N) is 5. The van der Waals surface area contributed by atoms with E-state index < -0.39 is 30.4 Å². The fourth-order valence-corrected chi connectivity index (χ4v) is 3.95. The third-order valence-electron chi connectivity index (χ3n) is 5.39. The van der Waals surface area contributed by atoms with Crippen molar-refractivity contribution in [1.82, 2.24) is 24.8 Å². The molecule has 2 aromatic carbocycles. The molecule has 0 unspecified atom stereocenters. The zero-order valence-electron chi connectivity index (χ0n) is 20.0. The number of aromatic nitrogens is 4. The molecule has 0 bridgehead atoms. The van der Waals surface area contributed by atoms with Crippen molar-refractivity contribution in [2.24, 2.45) is 0 Å². The van der Waals surface area contributed by atoms with Crippen LogP contribution in [0.25, 0.3) is 21.4 Å². The Labute approximate surface area is 223 Å². The summed E-state index contributed by atoms with van der Waals surface area (Å²) in [7, 11) is 0. The van der Waals surface area contributed by atoms with Gasteiger partial charge in [0.2, 0.25) is 0 Å². The van der Waals surface area contributed by atoms with Crippen molar-refractivity contribution in [2.75, 3.05) is 22.9 Å². The lowest BCUT2D eigenvalue weighted by molar-refractivity contribution is -0.122. The smallest absolute Gasteiger partial charge is 0.392 e. The highest BCUT2D eigenvalue weighted by Gasteiger charge is 2.28. The lowest BCUT2D eigenvalue weighted by atomic mass is 10.2. The van der Waals surface area contributed by atoms with Crippen LogP contribution < -0.4 is 27.2 Å². The first kappa shape index (κ1) is 27.1. The zero-order chi connectivity index (χ0) is 28.3. The maximum atomic E-state index is 13.7. The molecule has 11 nitrogen and oxygen atoms in total. The Morgan fingerprint density at radius 2 is 1.97 bits per heavy atom. The van der Waals surface area contributed by atoms with E-state index in [1.807, 2.05) is 0 Å². The number of benzene rings is 2. The molecule has 0 aliphatic carbocycles. The third kappa shape index (κ3) is 5.99. The second-order valence-corrected chi connectivity index (χ2v) is 8.56. The molecular weight excluding hydrogens is 539 g/mol. The van der Waals surface area contributed by atoms with Crippen LogP contribution >= 0.6 is 11.6 Å². The first-order valence-electron chi connectivity index (χ1n) is 11.2. The average molecular weight is 558 g/mol. The predicted molar refractivity (Wildman–Crippen MR) is 140 cm³/mol. The van der Waals surface area contributed by atoms with Crippen LogP contribution in [0.2, 0.25) is 5.02 Å². The van der Waals surface area contributed by atoms with E-state index >= 15 is 0 Å². The summed E-state index contributed by atoms with van der Waals surface area (Å²) in [5.74, 6) is 0.267. The molecule has 2 aromatic heterocycles. The molecule has 0 radical (unpaired) electrons. The molecule has 0 fully saturated rings. The maximum Gasteiger partial charge on any atom is 0.405 e. The minimum atomic E-state index is -4.58. The van der Waals surface area contributed by atoms with E-state index in [0.717, 1.165) is 0 Å². The summed E-state index contributed by atoms with van der Waals surface area (Å²) in [6.07, 6.45) is -3.40. The van der Waals surface area contributed by atoms with Gasteiger partial charge in [0, 0.05) is 5.69 Å². The second kappa shape index (κ2) is 10.8. The van der Waals surface area contributed by atoms with Gasteiger partial charge in [0.25, 0.3) is 11.2 Å². The van der Waals surface area contributed by atoms with Gasteiger partial charge in [0.05, 0.1) is 34.2 Å². The van der Waals surface area contributed by atoms with Gasteiger partial charge in [-0.1, -0.05) is 23.7 Å². The molecule has 5 N–H and O–H groups in total. The molecule has 15 heteroatoms. The summed E-state index contributed by atoms with van der Waals surface area (Å²) < 4.78 is 38.6. The van der Waals surface area contributed by atoms with E-state index in [1.165, 1.54) is 35.2 Å². The summed E-state index contributed by atoms with van der Waals surface area (Å²) >= 11 is 6.32. The van der Waals surface area contributed by atoms with E-state index in [9.17, 15) is 22.8 Å². The van der Waals surface area contributed by atoms with Gasteiger partial charge in [0.1, 0.15) is 30.3 Å². The fourth-order valence-electron chi connectivity index (χ4n) is 3.70. The van der Waals surface area contributed by atoms with Crippen molar-refractivity contribution < 1.29 is 18.0 Å². The molecule has 0 aliphatic rings. The van der Waals surface area contributed by atoms with Gasteiger partial charge < -0.3 is 21.7 Å². The fraction of sp³-hybridized carbons (Fsp3) is 0.167. The van der Waals surface area contributed by atoms with E-state index in [2.05, 4.69) is 30.4 Å². The zero-order valence-corrected chi connectivity index (χ0v) is 20.8. The molecule has 39 heavy (non-hydrogen) atoms. The number of fused-ring (bicyclic) bond motifs is 1. The molecule has 1 atom stereocenters. The molecule has 0 aliphatic heterocycles. The van der Waals surface area contributed by atoms with Gasteiger partial charge in [-0.3, -0.25) is 9.36 Å². The van der Waals surface area contributed by atoms with Crippen LogP contribution in [0.3, 0.4) is 0 Å². The van der Waals surface area contributed by atoms with E-state index in [0.29, 0.717) is 5.52 Å². The van der Waals surface area contributed by atoms with Gasteiger partial charge in [0.15, 0.2) is 0 Å². The van der Waals surface area contributed by atoms with Crippen molar-refractivity contribution in [3.8, 4) is 5.69 Å². The van der Waals surface area contributed by atoms with Gasteiger partial charge in [-0.05, 0) is 37.3 Å². The molecule has 0 spiro atoms. The van der Waals surface area contributed by atoms with Crippen LogP contribution in [-0.4, -0.2) is 38.3 Å². The molecule has 2 heterocycles. The normalized spacial score (nSPS) is 12.0. The Kier molecular flexibility index (Phi) is 7.54. The summed E-state index contributed by atoms with van der Waals surface area (Å²) in [4.78, 5) is 41.6. The maximum absolute atomic E-state index is 13.7. The number of hydrogen-bond acceptors (Lipinski definition) is 7. The number of rotatable bonds is 6. The van der Waals surface area contributed by atoms with E-state index in [-0.39, 0.29) is 44.9 Å². The summed E-state index contributed by atoms with van der Waals surface area (Å²) in [6, 6.07) is 8.85. The molecule has 0 saturated carbocycles. The number of urea groups is 1. The van der Waals surface area contributed by atoms with Gasteiger partial charge in [-0.15, -0.1) is 0 Å². The van der Waals surface area contributed by atoms with Crippen LogP contribution in [-0.2, 0) is 0 Å². The lowest BCUT2D eigenvalue weighted by Gasteiger charge is -2.21. The molecule has 200 valence electrons. The van der Waals surface area contributed by atoms with Crippen LogP contribution in [0, 0.1) is 6.57 Å². The molecule has 4 rings (SSSR count). The molecule has 4 aromatic rings. The number of hydrogen-bond donors (Lipinski definition) is 4. The number of carbonyl (C=O) groups excluding carboxylic acids is 1. The number of amides is 2. The monoisotopic (exact) mass is 557 g/mol. The average Bonchev–Trinajstić information content (AvgIpc) is 2.87. The number of anilines is 3. The first-order chi connectivity index (χ1) is 18.5. The van der Waals surface area contributed by atoms with Crippen LogP contribution in [0.15, 0.2) is 53.6 Å². The van der Waals surface area contributed by atoms with E-state index in [1.54, 1.807) is 30.4 Å². The summed E-state index contributed by atoms with van der Waals surface area (Å²) in [6.45, 7) is 7.56. The predicted octanol–water partition coefficient (Wildman–Crippen LogP) is 4.82. The summed E-state index contributed by atoms with van der Waals surface area (Å²) in [5.41, 5.74) is 5.89. The number of nitrogens with one attached hydrogen (secondary N) is 3. The third-order valence-corrected chi connectivity index (χ3v) is 5.70. The Morgan fingerprint density at radius 1 is 1.23 bits per heavy atom. The Hall–Kier alpha value is -4.90. The highest BCUT2D eigenvalue weighted by atomic mass is 35.5. The number of alkyl halides is 3. The number of carbonyl (C=O) groups is 1. The second-order valence-electron chi connectivity index (χ2n) is 8.15. The topological polar surface area (TPSA) is 144 Å². The van der Waals surface area contributed by atoms with Crippen molar-refractivity contribution in [3.63, 3.8) is 0 Å². The van der Waals surface area contributed by atoms with E-state index in [4.69, 9.17) is 23.9 Å². The largest absolute Gasteiger partial charge is 0.405 e. The Balaban J connectivity index is 1.80. The van der Waals surface area contributed by atoms with Gasteiger partial charge in [-0.25, -0.2) is 24.6 Å². The molecular formula is C24H19ClF3N9O2. The number of nitrogen functional groups attached to an aromatic ring is 1.